The summed E-state index contributed by atoms with van der Waals surface area (Å²) in [6, 6.07) is 3.01. The van der Waals surface area contributed by atoms with E-state index in [9.17, 15) is 4.39 Å². The maximum Gasteiger partial charge on any atom is 0.139 e. The molecule has 0 spiro atoms. The molecule has 0 amide bonds. The monoisotopic (exact) mass is 302 g/mol. The Balaban J connectivity index is 2.20. The maximum atomic E-state index is 13.5. The van der Waals surface area contributed by atoms with Crippen LogP contribution < -0.4 is 11.1 Å². The molecule has 0 aliphatic carbocycles. The summed E-state index contributed by atoms with van der Waals surface area (Å²) in [5, 5.41) is 3.33. The van der Waals surface area contributed by atoms with Crippen LogP contribution in [0, 0.1) is 5.82 Å². The molecule has 1 heterocycles. The number of halogens is 2. The van der Waals surface area contributed by atoms with Crippen molar-refractivity contribution in [2.24, 2.45) is 0 Å². The molecule has 3 nitrogen and oxygen atoms in total. The van der Waals surface area contributed by atoms with E-state index >= 15 is 0 Å². The second kappa shape index (κ2) is 4.82. The minimum atomic E-state index is -0.308. The molecule has 0 saturated carbocycles. The van der Waals surface area contributed by atoms with Crippen molar-refractivity contribution in [3.63, 3.8) is 0 Å². The van der Waals surface area contributed by atoms with E-state index in [4.69, 9.17) is 10.5 Å². The smallest absolute Gasteiger partial charge is 0.139 e. The topological polar surface area (TPSA) is 47.3 Å². The van der Waals surface area contributed by atoms with Crippen molar-refractivity contribution in [1.29, 1.82) is 0 Å². The van der Waals surface area contributed by atoms with E-state index in [0.717, 1.165) is 26.1 Å². The summed E-state index contributed by atoms with van der Waals surface area (Å²) in [5.41, 5.74) is 6.99. The molecule has 17 heavy (non-hydrogen) atoms. The van der Waals surface area contributed by atoms with Gasteiger partial charge in [-0.2, -0.15) is 0 Å². The van der Waals surface area contributed by atoms with Crippen LogP contribution in [0.3, 0.4) is 0 Å². The van der Waals surface area contributed by atoms with Crippen LogP contribution in [0.2, 0.25) is 0 Å². The molecule has 0 radical (unpaired) electrons. The van der Waals surface area contributed by atoms with Crippen molar-refractivity contribution in [3.05, 3.63) is 22.4 Å². The van der Waals surface area contributed by atoms with E-state index in [1.807, 2.05) is 0 Å². The molecule has 1 aromatic carbocycles. The van der Waals surface area contributed by atoms with E-state index in [1.165, 1.54) is 6.07 Å². The molecule has 0 bridgehead atoms. The molecule has 5 heteroatoms. The number of ether oxygens (including phenoxy) is 1. The van der Waals surface area contributed by atoms with Gasteiger partial charge in [0.05, 0.1) is 15.8 Å². The molecule has 0 unspecified atom stereocenters. The van der Waals surface area contributed by atoms with Crippen LogP contribution in [0.1, 0.15) is 19.8 Å². The van der Waals surface area contributed by atoms with Gasteiger partial charge in [-0.05, 0) is 41.8 Å². The molecule has 3 N–H and O–H groups in total. The van der Waals surface area contributed by atoms with Crippen LogP contribution in [-0.4, -0.2) is 18.8 Å². The lowest BCUT2D eigenvalue weighted by atomic mass is 9.92. The highest BCUT2D eigenvalue weighted by Crippen LogP contribution is 2.31. The van der Waals surface area contributed by atoms with Gasteiger partial charge in [-0.25, -0.2) is 4.39 Å². The number of nitrogen functional groups attached to an aromatic ring is 1. The second-order valence-corrected chi connectivity index (χ2v) is 5.51. The Morgan fingerprint density at radius 3 is 2.71 bits per heavy atom. The summed E-state index contributed by atoms with van der Waals surface area (Å²) in [7, 11) is 0. The summed E-state index contributed by atoms with van der Waals surface area (Å²) in [5.74, 6) is -0.308. The molecule has 1 fully saturated rings. The average molecular weight is 303 g/mol. The van der Waals surface area contributed by atoms with Crippen LogP contribution in [0.4, 0.5) is 15.8 Å². The number of hydrogen-bond donors (Lipinski definition) is 2. The normalized spacial score (nSPS) is 19.0. The average Bonchev–Trinajstić information content (AvgIpc) is 2.26. The first-order valence-corrected chi connectivity index (χ1v) is 6.40. The van der Waals surface area contributed by atoms with Crippen LogP contribution in [0.25, 0.3) is 0 Å². The molecule has 1 aliphatic rings. The zero-order valence-electron chi connectivity index (χ0n) is 9.72. The Morgan fingerprint density at radius 1 is 1.41 bits per heavy atom. The van der Waals surface area contributed by atoms with Crippen LogP contribution in [0.15, 0.2) is 16.6 Å². The van der Waals surface area contributed by atoms with Crippen LogP contribution in [-0.2, 0) is 4.74 Å². The number of hydrogen-bond acceptors (Lipinski definition) is 3. The van der Waals surface area contributed by atoms with Crippen molar-refractivity contribution >= 4 is 27.3 Å². The van der Waals surface area contributed by atoms with E-state index in [1.54, 1.807) is 6.07 Å². The zero-order valence-corrected chi connectivity index (χ0v) is 11.3. The van der Waals surface area contributed by atoms with Gasteiger partial charge in [-0.3, -0.25) is 0 Å². The Bertz CT molecular complexity index is 419. The van der Waals surface area contributed by atoms with Crippen LogP contribution in [0.5, 0.6) is 0 Å². The van der Waals surface area contributed by atoms with Gasteiger partial charge in [0.25, 0.3) is 0 Å². The summed E-state index contributed by atoms with van der Waals surface area (Å²) in [6.07, 6.45) is 1.79. The highest BCUT2D eigenvalue weighted by molar-refractivity contribution is 9.10. The fraction of sp³-hybridized carbons (Fsp3) is 0.500. The fourth-order valence-electron chi connectivity index (χ4n) is 1.94. The third kappa shape index (κ3) is 2.90. The third-order valence-corrected chi connectivity index (χ3v) is 3.73. The van der Waals surface area contributed by atoms with E-state index in [2.05, 4.69) is 28.2 Å². The molecule has 2 rings (SSSR count). The largest absolute Gasteiger partial charge is 0.397 e. The quantitative estimate of drug-likeness (QED) is 0.825. The van der Waals surface area contributed by atoms with Gasteiger partial charge in [0.1, 0.15) is 5.82 Å². The van der Waals surface area contributed by atoms with Gasteiger partial charge in [0.15, 0.2) is 0 Å². The lowest BCUT2D eigenvalue weighted by Crippen LogP contribution is -2.40. The summed E-state index contributed by atoms with van der Waals surface area (Å²) in [4.78, 5) is 0. The number of benzene rings is 1. The SMILES string of the molecule is CC1(Nc2cc(F)c(Br)cc2N)CCOCC1. The predicted octanol–water partition coefficient (Wildman–Crippen LogP) is 3.15. The summed E-state index contributed by atoms with van der Waals surface area (Å²) < 4.78 is 19.2. The van der Waals surface area contributed by atoms with Gasteiger partial charge in [0.2, 0.25) is 0 Å². The molecule has 1 saturated heterocycles. The lowest BCUT2D eigenvalue weighted by molar-refractivity contribution is 0.0658. The first-order chi connectivity index (χ1) is 8.00. The molecule has 94 valence electrons. The van der Waals surface area contributed by atoms with Crippen molar-refractivity contribution in [2.75, 3.05) is 24.3 Å². The number of anilines is 2. The lowest BCUT2D eigenvalue weighted by Gasteiger charge is -2.35. The number of rotatable bonds is 2. The van der Waals surface area contributed by atoms with Crippen molar-refractivity contribution in [1.82, 2.24) is 0 Å². The standard InChI is InChI=1S/C12H16BrFN2O/c1-12(2-4-17-5-3-12)16-11-7-9(14)8(13)6-10(11)15/h6-7,16H,2-5,15H2,1H3. The highest BCUT2D eigenvalue weighted by Gasteiger charge is 2.27. The van der Waals surface area contributed by atoms with Gasteiger partial charge >= 0.3 is 0 Å². The minimum Gasteiger partial charge on any atom is -0.397 e. The zero-order chi connectivity index (χ0) is 12.5. The summed E-state index contributed by atoms with van der Waals surface area (Å²) in [6.45, 7) is 3.56. The molecule has 0 atom stereocenters. The number of nitrogens with two attached hydrogens (primary N) is 1. The minimum absolute atomic E-state index is 0.0767. The third-order valence-electron chi connectivity index (χ3n) is 3.13. The first-order valence-electron chi connectivity index (χ1n) is 5.61. The highest BCUT2D eigenvalue weighted by atomic mass is 79.9. The Labute approximate surface area is 109 Å². The van der Waals surface area contributed by atoms with E-state index < -0.39 is 0 Å². The van der Waals surface area contributed by atoms with Crippen molar-refractivity contribution in [3.8, 4) is 0 Å². The number of nitrogens with one attached hydrogen (secondary N) is 1. The molecule has 0 aromatic heterocycles. The molecule has 1 aliphatic heterocycles. The Kier molecular flexibility index (Phi) is 3.58. The van der Waals surface area contributed by atoms with Gasteiger partial charge in [-0.15, -0.1) is 0 Å². The second-order valence-electron chi connectivity index (χ2n) is 4.65. The Morgan fingerprint density at radius 2 is 2.06 bits per heavy atom. The van der Waals surface area contributed by atoms with E-state index in [-0.39, 0.29) is 11.4 Å². The van der Waals surface area contributed by atoms with Gasteiger partial charge in [-0.1, -0.05) is 0 Å². The predicted molar refractivity (Wildman–Crippen MR) is 70.6 cm³/mol. The van der Waals surface area contributed by atoms with Crippen molar-refractivity contribution in [2.45, 2.75) is 25.3 Å². The molecular formula is C12H16BrFN2O. The summed E-state index contributed by atoms with van der Waals surface area (Å²) >= 11 is 3.12. The maximum absolute atomic E-state index is 13.5. The van der Waals surface area contributed by atoms with Gasteiger partial charge < -0.3 is 15.8 Å². The van der Waals surface area contributed by atoms with Gasteiger partial charge in [0, 0.05) is 24.8 Å². The fourth-order valence-corrected chi connectivity index (χ4v) is 2.30. The first kappa shape index (κ1) is 12.6. The molecular weight excluding hydrogens is 287 g/mol. The van der Waals surface area contributed by atoms with Crippen molar-refractivity contribution < 1.29 is 9.13 Å². The van der Waals surface area contributed by atoms with E-state index in [0.29, 0.717) is 15.8 Å². The molecule has 1 aromatic rings. The van der Waals surface area contributed by atoms with Crippen LogP contribution >= 0.6 is 15.9 Å². The Hall–Kier alpha value is -0.810.